The minimum atomic E-state index is -3.70. The molecule has 0 unspecified atom stereocenters. The van der Waals surface area contributed by atoms with E-state index < -0.39 is 15.7 Å². The van der Waals surface area contributed by atoms with Crippen LogP contribution in [0.15, 0.2) is 24.3 Å². The first-order valence-electron chi connectivity index (χ1n) is 5.36. The number of hydrogen-bond donors (Lipinski definition) is 4. The predicted octanol–water partition coefficient (Wildman–Crippen LogP) is 1.02. The molecule has 0 saturated heterocycles. The molecule has 7 heteroatoms. The average Bonchev–Trinajstić information content (AvgIpc) is 2.13. The third-order valence-corrected chi connectivity index (χ3v) is 3.27. The second kappa shape index (κ2) is 4.95. The van der Waals surface area contributed by atoms with E-state index in [1.807, 2.05) is 0 Å². The molecule has 0 aliphatic heterocycles. The van der Waals surface area contributed by atoms with Gasteiger partial charge in [0.05, 0.1) is 5.69 Å². The van der Waals surface area contributed by atoms with Gasteiger partial charge >= 0.3 is 0 Å². The molecular formula is C11H18N4O2S. The molecule has 5 N–H and O–H groups in total. The number of para-hydroxylation sites is 1. The van der Waals surface area contributed by atoms with E-state index in [0.717, 1.165) is 0 Å². The van der Waals surface area contributed by atoms with Gasteiger partial charge < -0.3 is 5.73 Å². The van der Waals surface area contributed by atoms with Crippen molar-refractivity contribution < 1.29 is 8.42 Å². The number of nitrogen functional groups attached to an aromatic ring is 1. The van der Waals surface area contributed by atoms with Crippen molar-refractivity contribution in [2.24, 2.45) is 5.73 Å². The summed E-state index contributed by atoms with van der Waals surface area (Å²) in [6.07, 6.45) is 0. The number of anilines is 1. The summed E-state index contributed by atoms with van der Waals surface area (Å²) in [5.74, 6) is -0.191. The van der Waals surface area contributed by atoms with Gasteiger partial charge in [-0.15, -0.1) is 0 Å². The van der Waals surface area contributed by atoms with E-state index in [4.69, 9.17) is 11.1 Å². The molecule has 0 saturated carbocycles. The first-order valence-corrected chi connectivity index (χ1v) is 6.84. The molecule has 0 radical (unpaired) electrons. The van der Waals surface area contributed by atoms with Gasteiger partial charge in [0.2, 0.25) is 0 Å². The van der Waals surface area contributed by atoms with Gasteiger partial charge in [0.1, 0.15) is 5.84 Å². The second-order valence-electron chi connectivity index (χ2n) is 4.92. The van der Waals surface area contributed by atoms with E-state index in [-0.39, 0.29) is 11.5 Å². The number of amidine groups is 1. The van der Waals surface area contributed by atoms with Crippen molar-refractivity contribution in [3.63, 3.8) is 0 Å². The minimum absolute atomic E-state index is 0.191. The SMILES string of the molecule is CC(C)(C)NS(=O)(=O)Nc1ccccc1C(=N)N. The van der Waals surface area contributed by atoms with Crippen molar-refractivity contribution in [2.45, 2.75) is 26.3 Å². The maximum atomic E-state index is 11.9. The van der Waals surface area contributed by atoms with Gasteiger partial charge in [0, 0.05) is 11.1 Å². The van der Waals surface area contributed by atoms with Gasteiger partial charge in [0.25, 0.3) is 10.2 Å². The zero-order chi connectivity index (χ0) is 14.0. The van der Waals surface area contributed by atoms with Gasteiger partial charge in [-0.05, 0) is 32.9 Å². The molecule has 0 amide bonds. The Bertz CT molecular complexity index is 546. The van der Waals surface area contributed by atoms with E-state index in [9.17, 15) is 8.42 Å². The van der Waals surface area contributed by atoms with Crippen molar-refractivity contribution >= 4 is 21.7 Å². The molecule has 1 rings (SSSR count). The molecule has 100 valence electrons. The maximum absolute atomic E-state index is 11.9. The summed E-state index contributed by atoms with van der Waals surface area (Å²) in [6, 6.07) is 6.49. The molecule has 0 heterocycles. The van der Waals surface area contributed by atoms with Gasteiger partial charge in [-0.25, -0.2) is 0 Å². The van der Waals surface area contributed by atoms with E-state index in [2.05, 4.69) is 9.44 Å². The Morgan fingerprint density at radius 1 is 1.28 bits per heavy atom. The predicted molar refractivity (Wildman–Crippen MR) is 72.9 cm³/mol. The Labute approximate surface area is 107 Å². The lowest BCUT2D eigenvalue weighted by Crippen LogP contribution is -2.43. The lowest BCUT2D eigenvalue weighted by molar-refractivity contribution is 0.494. The fraction of sp³-hybridized carbons (Fsp3) is 0.364. The fourth-order valence-corrected chi connectivity index (χ4v) is 2.71. The minimum Gasteiger partial charge on any atom is -0.384 e. The summed E-state index contributed by atoms with van der Waals surface area (Å²) in [7, 11) is -3.70. The summed E-state index contributed by atoms with van der Waals surface area (Å²) < 4.78 is 28.5. The maximum Gasteiger partial charge on any atom is 0.299 e. The molecule has 1 aromatic rings. The number of benzene rings is 1. The molecular weight excluding hydrogens is 252 g/mol. The largest absolute Gasteiger partial charge is 0.384 e. The highest BCUT2D eigenvalue weighted by molar-refractivity contribution is 7.90. The van der Waals surface area contributed by atoms with Gasteiger partial charge in [-0.2, -0.15) is 13.1 Å². The summed E-state index contributed by atoms with van der Waals surface area (Å²) in [5.41, 5.74) is 5.43. The Balaban J connectivity index is 3.02. The summed E-state index contributed by atoms with van der Waals surface area (Å²) in [6.45, 7) is 5.22. The van der Waals surface area contributed by atoms with E-state index in [0.29, 0.717) is 5.56 Å². The molecule has 0 fully saturated rings. The smallest absolute Gasteiger partial charge is 0.299 e. The van der Waals surface area contributed by atoms with Crippen LogP contribution in [0.1, 0.15) is 26.3 Å². The molecule has 0 bridgehead atoms. The average molecular weight is 270 g/mol. The number of hydrogen-bond acceptors (Lipinski definition) is 3. The lowest BCUT2D eigenvalue weighted by atomic mass is 10.1. The fourth-order valence-electron chi connectivity index (χ4n) is 1.38. The molecule has 0 aliphatic rings. The Kier molecular flexibility index (Phi) is 3.98. The van der Waals surface area contributed by atoms with Crippen molar-refractivity contribution in [1.82, 2.24) is 4.72 Å². The van der Waals surface area contributed by atoms with Crippen LogP contribution in [0.5, 0.6) is 0 Å². The van der Waals surface area contributed by atoms with Gasteiger partial charge in [-0.3, -0.25) is 10.1 Å². The quantitative estimate of drug-likeness (QED) is 0.484. The molecule has 18 heavy (non-hydrogen) atoms. The third-order valence-electron chi connectivity index (χ3n) is 1.90. The van der Waals surface area contributed by atoms with Crippen LogP contribution in [0.3, 0.4) is 0 Å². The van der Waals surface area contributed by atoms with Crippen LogP contribution in [-0.4, -0.2) is 19.8 Å². The molecule has 0 aromatic heterocycles. The van der Waals surface area contributed by atoms with Crippen LogP contribution in [-0.2, 0) is 10.2 Å². The Morgan fingerprint density at radius 2 is 1.83 bits per heavy atom. The van der Waals surface area contributed by atoms with Gasteiger partial charge in [-0.1, -0.05) is 12.1 Å². The van der Waals surface area contributed by atoms with Crippen LogP contribution in [0, 0.1) is 5.41 Å². The van der Waals surface area contributed by atoms with Gasteiger partial charge in [0.15, 0.2) is 0 Å². The molecule has 0 atom stereocenters. The Hall–Kier alpha value is -1.60. The van der Waals surface area contributed by atoms with Crippen LogP contribution in [0.2, 0.25) is 0 Å². The number of rotatable bonds is 4. The van der Waals surface area contributed by atoms with Crippen LogP contribution >= 0.6 is 0 Å². The van der Waals surface area contributed by atoms with Crippen LogP contribution in [0.4, 0.5) is 5.69 Å². The van der Waals surface area contributed by atoms with Crippen molar-refractivity contribution in [1.29, 1.82) is 5.41 Å². The zero-order valence-electron chi connectivity index (χ0n) is 10.6. The Morgan fingerprint density at radius 3 is 2.33 bits per heavy atom. The van der Waals surface area contributed by atoms with E-state index >= 15 is 0 Å². The van der Waals surface area contributed by atoms with Crippen molar-refractivity contribution in [2.75, 3.05) is 4.72 Å². The summed E-state index contributed by atoms with van der Waals surface area (Å²) >= 11 is 0. The monoisotopic (exact) mass is 270 g/mol. The highest BCUT2D eigenvalue weighted by Gasteiger charge is 2.20. The van der Waals surface area contributed by atoms with E-state index in [1.54, 1.807) is 45.0 Å². The number of nitrogens with two attached hydrogens (primary N) is 1. The number of nitrogens with one attached hydrogen (secondary N) is 3. The highest BCUT2D eigenvalue weighted by atomic mass is 32.2. The molecule has 1 aromatic carbocycles. The lowest BCUT2D eigenvalue weighted by Gasteiger charge is -2.21. The normalized spacial score (nSPS) is 12.2. The summed E-state index contributed by atoms with van der Waals surface area (Å²) in [5, 5.41) is 7.39. The molecule has 6 nitrogen and oxygen atoms in total. The molecule has 0 aliphatic carbocycles. The van der Waals surface area contributed by atoms with Crippen LogP contribution < -0.4 is 15.2 Å². The second-order valence-corrected chi connectivity index (χ2v) is 6.33. The third kappa shape index (κ3) is 4.34. The highest BCUT2D eigenvalue weighted by Crippen LogP contribution is 2.16. The van der Waals surface area contributed by atoms with Crippen LogP contribution in [0.25, 0.3) is 0 Å². The topological polar surface area (TPSA) is 108 Å². The zero-order valence-corrected chi connectivity index (χ0v) is 11.4. The van der Waals surface area contributed by atoms with E-state index in [1.165, 1.54) is 0 Å². The summed E-state index contributed by atoms with van der Waals surface area (Å²) in [4.78, 5) is 0. The first kappa shape index (κ1) is 14.5. The first-order chi connectivity index (χ1) is 8.11. The standard InChI is InChI=1S/C11H18N4O2S/c1-11(2,3)15-18(16,17)14-9-7-5-4-6-8(9)10(12)13/h4-7,14-15H,1-3H3,(H3,12,13). The molecule has 0 spiro atoms. The van der Waals surface area contributed by atoms with Crippen molar-refractivity contribution in [3.8, 4) is 0 Å². The van der Waals surface area contributed by atoms with Crippen molar-refractivity contribution in [3.05, 3.63) is 29.8 Å².